The molecule has 0 radical (unpaired) electrons. The molecule has 1 fully saturated rings. The van der Waals surface area contributed by atoms with Crippen LogP contribution in [0.3, 0.4) is 0 Å². The fraction of sp³-hybridized carbons (Fsp3) is 0.379. The second-order valence-corrected chi connectivity index (χ2v) is 11.0. The van der Waals surface area contributed by atoms with Gasteiger partial charge in [-0.3, -0.25) is 19.6 Å². The van der Waals surface area contributed by atoms with E-state index in [1.54, 1.807) is 30.4 Å². The largest absolute Gasteiger partial charge is 0.504 e. The van der Waals surface area contributed by atoms with Gasteiger partial charge in [-0.15, -0.1) is 0 Å². The minimum Gasteiger partial charge on any atom is -0.504 e. The zero-order chi connectivity index (χ0) is 26.8. The zero-order valence-electron chi connectivity index (χ0n) is 22.1. The highest BCUT2D eigenvalue weighted by Gasteiger charge is 2.33. The van der Waals surface area contributed by atoms with E-state index in [2.05, 4.69) is 25.1 Å². The maximum absolute atomic E-state index is 13.6. The average Bonchev–Trinajstić information content (AvgIpc) is 3.55. The van der Waals surface area contributed by atoms with Gasteiger partial charge in [-0.1, -0.05) is 0 Å². The standard InChI is InChI=1S/C29H31N7O3/c1-16-14-30-27(36-10-9-35-22-6-4-3-5-18(22)12-23(35)29(36)39)26(37)25(16)19-11-21(28(38)34(2)15-19)31-24-13-20(32-33-24)17-7-8-17/h11-15,17,37H,3-10H2,1-2H3,(H2,31,32,33). The highest BCUT2D eigenvalue weighted by atomic mass is 16.3. The van der Waals surface area contributed by atoms with E-state index in [4.69, 9.17) is 0 Å². The average molecular weight is 526 g/mol. The fourth-order valence-electron chi connectivity index (χ4n) is 6.06. The number of carbonyl (C=O) groups is 1. The number of nitrogens with zero attached hydrogens (tertiary/aromatic N) is 5. The first-order chi connectivity index (χ1) is 18.9. The van der Waals surface area contributed by atoms with Crippen molar-refractivity contribution < 1.29 is 9.90 Å². The lowest BCUT2D eigenvalue weighted by Gasteiger charge is -2.30. The number of carbonyl (C=O) groups excluding carboxylic acids is 1. The number of hydrogen-bond acceptors (Lipinski definition) is 6. The molecule has 1 aliphatic heterocycles. The molecule has 4 aromatic heterocycles. The summed E-state index contributed by atoms with van der Waals surface area (Å²) >= 11 is 0. The Hall–Kier alpha value is -4.34. The third-order valence-corrected chi connectivity index (χ3v) is 8.25. The molecular weight excluding hydrogens is 494 g/mol. The van der Waals surface area contributed by atoms with E-state index < -0.39 is 0 Å². The summed E-state index contributed by atoms with van der Waals surface area (Å²) in [6, 6.07) is 5.67. The monoisotopic (exact) mass is 525 g/mol. The van der Waals surface area contributed by atoms with Crippen LogP contribution in [0.4, 0.5) is 17.3 Å². The minimum absolute atomic E-state index is 0.0755. The number of aromatic nitrogens is 5. The summed E-state index contributed by atoms with van der Waals surface area (Å²) in [7, 11) is 1.68. The van der Waals surface area contributed by atoms with E-state index in [1.165, 1.54) is 15.8 Å². The Kier molecular flexibility index (Phi) is 5.40. The van der Waals surface area contributed by atoms with Gasteiger partial charge in [0.05, 0.1) is 0 Å². The SMILES string of the molecule is Cc1cnc(N2CCn3c(cc4c3CCCC4)C2=O)c(O)c1-c1cc(Nc2cc(C3CC3)[nH]n2)c(=O)n(C)c1. The van der Waals surface area contributed by atoms with E-state index in [0.717, 1.165) is 49.8 Å². The summed E-state index contributed by atoms with van der Waals surface area (Å²) in [6.07, 6.45) is 9.96. The van der Waals surface area contributed by atoms with Gasteiger partial charge in [-0.2, -0.15) is 5.10 Å². The Morgan fingerprint density at radius 3 is 2.74 bits per heavy atom. The molecule has 0 saturated heterocycles. The van der Waals surface area contributed by atoms with Gasteiger partial charge < -0.3 is 19.6 Å². The molecule has 5 heterocycles. The molecule has 3 aliphatic rings. The number of hydrogen-bond donors (Lipinski definition) is 3. The summed E-state index contributed by atoms with van der Waals surface area (Å²) in [5.74, 6) is 1.10. The smallest absolute Gasteiger partial charge is 0.276 e. The summed E-state index contributed by atoms with van der Waals surface area (Å²) in [5, 5.41) is 22.0. The van der Waals surface area contributed by atoms with Gasteiger partial charge in [-0.05, 0) is 68.7 Å². The Balaban J connectivity index is 1.25. The molecule has 2 aliphatic carbocycles. The van der Waals surface area contributed by atoms with Crippen LogP contribution >= 0.6 is 0 Å². The maximum atomic E-state index is 13.6. The van der Waals surface area contributed by atoms with Crippen LogP contribution in [0.2, 0.25) is 0 Å². The number of pyridine rings is 2. The molecule has 0 atom stereocenters. The number of nitrogens with one attached hydrogen (secondary N) is 2. The number of H-pyrrole nitrogens is 1. The van der Waals surface area contributed by atoms with Crippen LogP contribution < -0.4 is 15.8 Å². The van der Waals surface area contributed by atoms with E-state index in [0.29, 0.717) is 47.3 Å². The van der Waals surface area contributed by atoms with Crippen LogP contribution in [0.15, 0.2) is 35.4 Å². The molecule has 0 bridgehead atoms. The number of rotatable bonds is 5. The minimum atomic E-state index is -0.211. The summed E-state index contributed by atoms with van der Waals surface area (Å²) in [4.78, 5) is 32.7. The lowest BCUT2D eigenvalue weighted by Crippen LogP contribution is -2.41. The highest BCUT2D eigenvalue weighted by Crippen LogP contribution is 2.41. The van der Waals surface area contributed by atoms with Crippen molar-refractivity contribution in [3.05, 3.63) is 69.2 Å². The second kappa shape index (κ2) is 8.86. The molecule has 0 unspecified atom stereocenters. The van der Waals surface area contributed by atoms with Crippen molar-refractivity contribution >= 4 is 23.2 Å². The third kappa shape index (κ3) is 3.93. The normalized spacial score (nSPS) is 16.8. The van der Waals surface area contributed by atoms with Crippen molar-refractivity contribution in [1.29, 1.82) is 0 Å². The lowest BCUT2D eigenvalue weighted by molar-refractivity contribution is 0.0963. The van der Waals surface area contributed by atoms with Crippen molar-refractivity contribution in [1.82, 2.24) is 24.3 Å². The number of anilines is 3. The van der Waals surface area contributed by atoms with Gasteiger partial charge in [0.1, 0.15) is 11.4 Å². The first kappa shape index (κ1) is 23.8. The van der Waals surface area contributed by atoms with Crippen molar-refractivity contribution in [2.24, 2.45) is 7.05 Å². The Morgan fingerprint density at radius 1 is 1.10 bits per heavy atom. The topological polar surface area (TPSA) is 121 Å². The van der Waals surface area contributed by atoms with Gasteiger partial charge in [0.25, 0.3) is 11.5 Å². The van der Waals surface area contributed by atoms with Gasteiger partial charge in [0.2, 0.25) is 0 Å². The number of aromatic amines is 1. The summed E-state index contributed by atoms with van der Waals surface area (Å²) in [5.41, 5.74) is 6.31. The summed E-state index contributed by atoms with van der Waals surface area (Å²) in [6.45, 7) is 2.95. The van der Waals surface area contributed by atoms with E-state index >= 15 is 0 Å². The van der Waals surface area contributed by atoms with Gasteiger partial charge in [0.15, 0.2) is 17.4 Å². The second-order valence-electron chi connectivity index (χ2n) is 11.0. The predicted octanol–water partition coefficient (Wildman–Crippen LogP) is 4.15. The third-order valence-electron chi connectivity index (χ3n) is 8.25. The van der Waals surface area contributed by atoms with Crippen LogP contribution in [-0.4, -0.2) is 41.9 Å². The Labute approximate surface area is 225 Å². The quantitative estimate of drug-likeness (QED) is 0.360. The highest BCUT2D eigenvalue weighted by molar-refractivity contribution is 6.07. The molecule has 0 spiro atoms. The van der Waals surface area contributed by atoms with Crippen molar-refractivity contribution in [3.8, 4) is 16.9 Å². The predicted molar refractivity (Wildman–Crippen MR) is 148 cm³/mol. The van der Waals surface area contributed by atoms with Gasteiger partial charge >= 0.3 is 0 Å². The summed E-state index contributed by atoms with van der Waals surface area (Å²) < 4.78 is 3.63. The van der Waals surface area contributed by atoms with Gasteiger partial charge in [-0.25, -0.2) is 4.98 Å². The van der Waals surface area contributed by atoms with Crippen LogP contribution in [0.5, 0.6) is 5.75 Å². The number of fused-ring (bicyclic) bond motifs is 3. The van der Waals surface area contributed by atoms with Crippen LogP contribution in [0.1, 0.15) is 64.6 Å². The number of aryl methyl sites for hydroxylation is 3. The molecule has 39 heavy (non-hydrogen) atoms. The van der Waals surface area contributed by atoms with E-state index in [1.807, 2.05) is 19.1 Å². The lowest BCUT2D eigenvalue weighted by atomic mass is 9.98. The van der Waals surface area contributed by atoms with Crippen LogP contribution in [0.25, 0.3) is 11.1 Å². The van der Waals surface area contributed by atoms with Crippen LogP contribution in [-0.2, 0) is 26.4 Å². The van der Waals surface area contributed by atoms with Crippen molar-refractivity contribution in [3.63, 3.8) is 0 Å². The number of amides is 1. The van der Waals surface area contributed by atoms with E-state index in [9.17, 15) is 14.7 Å². The molecule has 0 aromatic carbocycles. The molecule has 200 valence electrons. The first-order valence-corrected chi connectivity index (χ1v) is 13.6. The molecule has 7 rings (SSSR count). The van der Waals surface area contributed by atoms with Gasteiger partial charge in [0, 0.05) is 67.0 Å². The van der Waals surface area contributed by atoms with Crippen molar-refractivity contribution in [2.75, 3.05) is 16.8 Å². The van der Waals surface area contributed by atoms with Crippen molar-refractivity contribution in [2.45, 2.75) is 57.9 Å². The molecule has 1 saturated carbocycles. The molecule has 3 N–H and O–H groups in total. The molecule has 1 amide bonds. The zero-order valence-corrected chi connectivity index (χ0v) is 22.1. The van der Waals surface area contributed by atoms with E-state index in [-0.39, 0.29) is 23.0 Å². The Morgan fingerprint density at radius 2 is 1.92 bits per heavy atom. The Bertz CT molecular complexity index is 1690. The molecule has 4 aromatic rings. The fourth-order valence-corrected chi connectivity index (χ4v) is 6.06. The van der Waals surface area contributed by atoms with Crippen LogP contribution in [0, 0.1) is 6.92 Å². The molecular formula is C29H31N7O3. The molecule has 10 nitrogen and oxygen atoms in total. The maximum Gasteiger partial charge on any atom is 0.276 e. The number of aromatic hydroxyl groups is 1. The first-order valence-electron chi connectivity index (χ1n) is 13.6. The molecule has 10 heteroatoms.